The summed E-state index contributed by atoms with van der Waals surface area (Å²) in [5.74, 6) is 0.653. The van der Waals surface area contributed by atoms with E-state index in [4.69, 9.17) is 0 Å². The minimum absolute atomic E-state index is 0.123. The zero-order chi connectivity index (χ0) is 17.9. The first kappa shape index (κ1) is 16.5. The Bertz CT molecular complexity index is 846. The molecule has 7 heteroatoms. The third kappa shape index (κ3) is 3.37. The summed E-state index contributed by atoms with van der Waals surface area (Å²) >= 11 is 0. The van der Waals surface area contributed by atoms with Gasteiger partial charge in [0.1, 0.15) is 18.0 Å². The maximum atomic E-state index is 13.2. The molecule has 0 bridgehead atoms. The van der Waals surface area contributed by atoms with Gasteiger partial charge in [0.2, 0.25) is 0 Å². The van der Waals surface area contributed by atoms with Gasteiger partial charge in [-0.05, 0) is 17.7 Å². The lowest BCUT2D eigenvalue weighted by Gasteiger charge is -2.36. The van der Waals surface area contributed by atoms with Gasteiger partial charge in [0.15, 0.2) is 0 Å². The van der Waals surface area contributed by atoms with Crippen molar-refractivity contribution in [3.05, 3.63) is 59.3 Å². The summed E-state index contributed by atoms with van der Waals surface area (Å²) in [7, 11) is 0. The van der Waals surface area contributed by atoms with Crippen molar-refractivity contribution < 1.29 is 9.18 Å². The number of halogens is 1. The van der Waals surface area contributed by atoms with Crippen LogP contribution in [0.15, 0.2) is 36.7 Å². The van der Waals surface area contributed by atoms with Crippen molar-refractivity contribution in [1.29, 1.82) is 0 Å². The lowest BCUT2D eigenvalue weighted by molar-refractivity contribution is 0.194. The van der Waals surface area contributed by atoms with Gasteiger partial charge in [-0.2, -0.15) is 0 Å². The summed E-state index contributed by atoms with van der Waals surface area (Å²) in [6.45, 7) is 3.02. The molecular weight excluding hydrogens is 333 g/mol. The second-order valence-electron chi connectivity index (χ2n) is 6.43. The van der Waals surface area contributed by atoms with E-state index >= 15 is 0 Å². The highest BCUT2D eigenvalue weighted by molar-refractivity contribution is 5.75. The van der Waals surface area contributed by atoms with Crippen molar-refractivity contribution >= 4 is 17.9 Å². The monoisotopic (exact) mass is 353 g/mol. The third-order valence-corrected chi connectivity index (χ3v) is 4.74. The van der Waals surface area contributed by atoms with Crippen molar-refractivity contribution in [2.75, 3.05) is 31.1 Å². The second-order valence-corrected chi connectivity index (χ2v) is 6.43. The first-order chi connectivity index (χ1) is 12.7. The molecule has 0 saturated carbocycles. The van der Waals surface area contributed by atoms with Crippen molar-refractivity contribution in [1.82, 2.24) is 20.2 Å². The molecule has 0 spiro atoms. The fourth-order valence-corrected chi connectivity index (χ4v) is 3.35. The highest BCUT2D eigenvalue weighted by Gasteiger charge is 2.24. The Labute approximate surface area is 151 Å². The van der Waals surface area contributed by atoms with Crippen molar-refractivity contribution in [3.8, 4) is 0 Å². The smallest absolute Gasteiger partial charge is 0.317 e. The number of fused-ring (bicyclic) bond motifs is 1. The third-order valence-electron chi connectivity index (χ3n) is 4.74. The van der Waals surface area contributed by atoms with Gasteiger partial charge in [0.25, 0.3) is 0 Å². The van der Waals surface area contributed by atoms with Crippen LogP contribution in [0.2, 0.25) is 0 Å². The maximum Gasteiger partial charge on any atom is 0.317 e. The van der Waals surface area contributed by atoms with E-state index in [0.29, 0.717) is 19.6 Å². The molecule has 134 valence electrons. The van der Waals surface area contributed by atoms with Crippen LogP contribution in [0.1, 0.15) is 16.8 Å². The predicted octanol–water partition coefficient (Wildman–Crippen LogP) is 2.22. The highest BCUT2D eigenvalue weighted by atomic mass is 19.1. The molecule has 0 atom stereocenters. The number of amides is 2. The van der Waals surface area contributed by atoms with E-state index in [2.05, 4.69) is 32.3 Å². The minimum Gasteiger partial charge on any atom is -0.352 e. The molecule has 1 aliphatic carbocycles. The van der Waals surface area contributed by atoms with Gasteiger partial charge >= 0.3 is 6.03 Å². The van der Waals surface area contributed by atoms with Crippen LogP contribution in [-0.2, 0) is 13.0 Å². The summed E-state index contributed by atoms with van der Waals surface area (Å²) in [5, 5.41) is 2.86. The number of aromatic nitrogens is 2. The molecule has 1 aromatic heterocycles. The topological polar surface area (TPSA) is 61.4 Å². The minimum atomic E-state index is -0.295. The molecule has 0 unspecified atom stereocenters. The molecule has 4 rings (SSSR count). The molecule has 2 heterocycles. The molecular formula is C19H20FN5O. The summed E-state index contributed by atoms with van der Waals surface area (Å²) in [6.07, 6.45) is 6.63. The largest absolute Gasteiger partial charge is 0.352 e. The molecule has 2 aliphatic rings. The zero-order valence-electron chi connectivity index (χ0n) is 14.4. The Morgan fingerprint density at radius 2 is 2.04 bits per heavy atom. The number of carbonyl (C=O) groups excluding carboxylic acids is 1. The summed E-state index contributed by atoms with van der Waals surface area (Å²) in [6, 6.07) is 6.14. The number of nitrogens with one attached hydrogen (secondary N) is 1. The van der Waals surface area contributed by atoms with Crippen LogP contribution >= 0.6 is 0 Å². The van der Waals surface area contributed by atoms with Crippen LogP contribution < -0.4 is 10.2 Å². The molecule has 0 radical (unpaired) electrons. The number of anilines is 1. The quantitative estimate of drug-likeness (QED) is 0.919. The van der Waals surface area contributed by atoms with Gasteiger partial charge in [-0.1, -0.05) is 24.3 Å². The molecule has 1 aliphatic heterocycles. The van der Waals surface area contributed by atoms with Crippen LogP contribution in [0, 0.1) is 5.82 Å². The van der Waals surface area contributed by atoms with E-state index in [1.807, 2.05) is 0 Å². The lowest BCUT2D eigenvalue weighted by Crippen LogP contribution is -2.52. The number of benzene rings is 1. The molecule has 26 heavy (non-hydrogen) atoms. The molecule has 6 nitrogen and oxygen atoms in total. The number of urea groups is 1. The SMILES string of the molecule is O=C(NCc1cccc(F)c1)N1CCN(c2ncnc3c2C=CC3)CC1. The fourth-order valence-electron chi connectivity index (χ4n) is 3.35. The number of rotatable bonds is 3. The van der Waals surface area contributed by atoms with E-state index in [1.165, 1.54) is 12.1 Å². The Kier molecular flexibility index (Phi) is 4.51. The number of carbonyl (C=O) groups is 1. The Balaban J connectivity index is 1.33. The maximum absolute atomic E-state index is 13.2. The molecule has 2 aromatic rings. The summed E-state index contributed by atoms with van der Waals surface area (Å²) < 4.78 is 13.2. The summed E-state index contributed by atoms with van der Waals surface area (Å²) in [5.41, 5.74) is 2.90. The molecule has 1 saturated heterocycles. The van der Waals surface area contributed by atoms with Gasteiger partial charge in [-0.3, -0.25) is 0 Å². The zero-order valence-corrected chi connectivity index (χ0v) is 14.4. The Morgan fingerprint density at radius 1 is 1.19 bits per heavy atom. The van der Waals surface area contributed by atoms with Crippen LogP contribution in [0.25, 0.3) is 6.08 Å². The molecule has 2 amide bonds. The number of hydrogen-bond acceptors (Lipinski definition) is 4. The van der Waals surface area contributed by atoms with Crippen LogP contribution in [0.5, 0.6) is 0 Å². The molecule has 1 fully saturated rings. The number of hydrogen-bond donors (Lipinski definition) is 1. The lowest BCUT2D eigenvalue weighted by atomic mass is 10.2. The van der Waals surface area contributed by atoms with Gasteiger partial charge < -0.3 is 15.1 Å². The number of piperazine rings is 1. The summed E-state index contributed by atoms with van der Waals surface area (Å²) in [4.78, 5) is 25.1. The van der Waals surface area contributed by atoms with Crippen LogP contribution in [-0.4, -0.2) is 47.1 Å². The Morgan fingerprint density at radius 3 is 2.85 bits per heavy atom. The Hall–Kier alpha value is -2.96. The molecule has 1 N–H and O–H groups in total. The normalized spacial score (nSPS) is 15.9. The van der Waals surface area contributed by atoms with Crippen molar-refractivity contribution in [2.45, 2.75) is 13.0 Å². The number of allylic oxidation sites excluding steroid dienone is 1. The average molecular weight is 353 g/mol. The van der Waals surface area contributed by atoms with Gasteiger partial charge in [-0.15, -0.1) is 0 Å². The van der Waals surface area contributed by atoms with Crippen LogP contribution in [0.3, 0.4) is 0 Å². The van der Waals surface area contributed by atoms with E-state index < -0.39 is 0 Å². The average Bonchev–Trinajstić information content (AvgIpc) is 3.15. The van der Waals surface area contributed by atoms with E-state index in [-0.39, 0.29) is 11.8 Å². The standard InChI is InChI=1S/C19H20FN5O/c20-15-4-1-3-14(11-15)12-21-19(26)25-9-7-24(8-10-25)18-16-5-2-6-17(16)22-13-23-18/h1-5,11,13H,6-10,12H2,(H,21,26). The van der Waals surface area contributed by atoms with E-state index in [1.54, 1.807) is 23.4 Å². The second kappa shape index (κ2) is 7.11. The number of nitrogens with zero attached hydrogens (tertiary/aromatic N) is 4. The first-order valence-corrected chi connectivity index (χ1v) is 8.73. The van der Waals surface area contributed by atoms with E-state index in [9.17, 15) is 9.18 Å². The van der Waals surface area contributed by atoms with Gasteiger partial charge in [-0.25, -0.2) is 19.2 Å². The highest BCUT2D eigenvalue weighted by Crippen LogP contribution is 2.26. The molecule has 1 aromatic carbocycles. The van der Waals surface area contributed by atoms with Crippen LogP contribution in [0.4, 0.5) is 15.0 Å². The fraction of sp³-hybridized carbons (Fsp3) is 0.316. The van der Waals surface area contributed by atoms with Crippen molar-refractivity contribution in [3.63, 3.8) is 0 Å². The first-order valence-electron chi connectivity index (χ1n) is 8.73. The van der Waals surface area contributed by atoms with E-state index in [0.717, 1.165) is 42.1 Å². The predicted molar refractivity (Wildman–Crippen MR) is 97.2 cm³/mol. The van der Waals surface area contributed by atoms with Crippen molar-refractivity contribution in [2.24, 2.45) is 0 Å². The van der Waals surface area contributed by atoms with Gasteiger partial charge in [0.05, 0.1) is 5.69 Å². The van der Waals surface area contributed by atoms with Gasteiger partial charge in [0, 0.05) is 44.7 Å².